The highest BCUT2D eigenvalue weighted by molar-refractivity contribution is 14.0. The Balaban J connectivity index is 0.00000676. The van der Waals surface area contributed by atoms with Gasteiger partial charge in [0.25, 0.3) is 0 Å². The maximum Gasteiger partial charge on any atom is 0.230 e. The van der Waals surface area contributed by atoms with E-state index in [1.165, 1.54) is 0 Å². The molecule has 0 radical (unpaired) electrons. The fourth-order valence-corrected chi connectivity index (χ4v) is 3.16. The number of aliphatic imine (C=N–C) groups is 1. The average molecular weight is 495 g/mol. The Morgan fingerprint density at radius 1 is 1.04 bits per heavy atom. The van der Waals surface area contributed by atoms with E-state index in [-0.39, 0.29) is 46.6 Å². The molecular weight excluding hydrogens is 457 g/mol. The highest BCUT2D eigenvalue weighted by atomic mass is 127. The van der Waals surface area contributed by atoms with Crippen LogP contribution in [-0.4, -0.2) is 62.9 Å². The topological polar surface area (TPSA) is 85.8 Å². The van der Waals surface area contributed by atoms with Crippen LogP contribution in [0.25, 0.3) is 0 Å². The van der Waals surface area contributed by atoms with Crippen LogP contribution in [0.2, 0.25) is 0 Å². The number of rotatable bonds is 7. The first-order chi connectivity index (χ1) is 12.1. The van der Waals surface area contributed by atoms with E-state index in [2.05, 4.69) is 20.9 Å². The molecule has 158 valence electrons. The Morgan fingerprint density at radius 3 is 2.07 bits per heavy atom. The first-order valence-electron chi connectivity index (χ1n) is 9.64. The van der Waals surface area contributed by atoms with E-state index >= 15 is 0 Å². The van der Waals surface area contributed by atoms with E-state index in [9.17, 15) is 9.59 Å². The Labute approximate surface area is 181 Å². The summed E-state index contributed by atoms with van der Waals surface area (Å²) in [6, 6.07) is 0. The maximum absolute atomic E-state index is 12.6. The molecule has 1 aliphatic rings. The van der Waals surface area contributed by atoms with Gasteiger partial charge in [-0.05, 0) is 19.8 Å². The number of hydrogen-bond acceptors (Lipinski definition) is 3. The van der Waals surface area contributed by atoms with Crippen LogP contribution in [0.5, 0.6) is 0 Å². The number of nitrogens with zero attached hydrogens (tertiary/aromatic N) is 2. The highest BCUT2D eigenvalue weighted by Crippen LogP contribution is 2.39. The van der Waals surface area contributed by atoms with E-state index in [1.54, 1.807) is 4.90 Å². The lowest BCUT2D eigenvalue weighted by Gasteiger charge is -2.29. The third-order valence-corrected chi connectivity index (χ3v) is 4.69. The summed E-state index contributed by atoms with van der Waals surface area (Å²) in [6.45, 7) is 10.0. The summed E-state index contributed by atoms with van der Waals surface area (Å²) in [5.41, 5.74) is -0.758. The molecule has 0 atom stereocenters. The molecule has 1 saturated carbocycles. The Kier molecular flexibility index (Phi) is 11.2. The number of halogens is 1. The summed E-state index contributed by atoms with van der Waals surface area (Å²) >= 11 is 0. The summed E-state index contributed by atoms with van der Waals surface area (Å²) in [5, 5.41) is 9.36. The second-order valence-electron chi connectivity index (χ2n) is 8.31. The maximum atomic E-state index is 12.6. The number of nitrogens with one attached hydrogen (secondary N) is 3. The lowest BCUT2D eigenvalue weighted by molar-refractivity contribution is -0.138. The van der Waals surface area contributed by atoms with Gasteiger partial charge in [0.1, 0.15) is 0 Å². The molecule has 0 aromatic carbocycles. The van der Waals surface area contributed by atoms with E-state index in [0.29, 0.717) is 25.6 Å². The number of hydrogen-bond donors (Lipinski definition) is 3. The molecule has 7 nitrogen and oxygen atoms in total. The van der Waals surface area contributed by atoms with Crippen molar-refractivity contribution >= 4 is 41.8 Å². The lowest BCUT2D eigenvalue weighted by atomic mass is 9.85. The minimum Gasteiger partial charge on any atom is -0.357 e. The SMILES string of the molecule is CCNC(=NCC1(C(=O)N(C)C)CCCC1)NCCNC(=O)C(C)(C)C.I. The molecule has 2 amide bonds. The first-order valence-corrected chi connectivity index (χ1v) is 9.64. The van der Waals surface area contributed by atoms with Crippen LogP contribution >= 0.6 is 24.0 Å². The van der Waals surface area contributed by atoms with Gasteiger partial charge >= 0.3 is 0 Å². The molecule has 1 rings (SSSR count). The standard InChI is InChI=1S/C19H37N5O2.HI/c1-7-20-17(22-13-12-21-15(25)18(2,3)4)23-14-19(10-8-9-11-19)16(26)24(5)6;/h7-14H2,1-6H3,(H,21,25)(H2,20,22,23);1H. The molecule has 0 heterocycles. The van der Waals surface area contributed by atoms with Gasteiger partial charge < -0.3 is 20.9 Å². The van der Waals surface area contributed by atoms with Gasteiger partial charge in [-0.25, -0.2) is 0 Å². The molecule has 0 aliphatic heterocycles. The molecule has 8 heteroatoms. The van der Waals surface area contributed by atoms with Gasteiger partial charge in [0.05, 0.1) is 12.0 Å². The molecule has 0 spiro atoms. The van der Waals surface area contributed by atoms with Crippen molar-refractivity contribution in [3.63, 3.8) is 0 Å². The lowest BCUT2D eigenvalue weighted by Crippen LogP contribution is -2.45. The molecule has 0 bridgehead atoms. The van der Waals surface area contributed by atoms with Crippen molar-refractivity contribution in [3.8, 4) is 0 Å². The minimum absolute atomic E-state index is 0. The largest absolute Gasteiger partial charge is 0.357 e. The monoisotopic (exact) mass is 495 g/mol. The zero-order valence-corrected chi connectivity index (χ0v) is 20.1. The fourth-order valence-electron chi connectivity index (χ4n) is 3.16. The summed E-state index contributed by atoms with van der Waals surface area (Å²) in [6.07, 6.45) is 3.96. The molecule has 3 N–H and O–H groups in total. The third-order valence-electron chi connectivity index (χ3n) is 4.69. The van der Waals surface area contributed by atoms with Gasteiger partial charge in [0.2, 0.25) is 11.8 Å². The minimum atomic E-state index is -0.389. The third kappa shape index (κ3) is 8.23. The second-order valence-corrected chi connectivity index (χ2v) is 8.31. The molecule has 0 aromatic heterocycles. The van der Waals surface area contributed by atoms with Gasteiger partial charge in [-0.2, -0.15) is 0 Å². The summed E-state index contributed by atoms with van der Waals surface area (Å²) in [7, 11) is 3.63. The number of carbonyl (C=O) groups excluding carboxylic acids is 2. The van der Waals surface area contributed by atoms with E-state index < -0.39 is 0 Å². The molecule has 0 aromatic rings. The van der Waals surface area contributed by atoms with Crippen LogP contribution in [0, 0.1) is 10.8 Å². The van der Waals surface area contributed by atoms with Crippen molar-refractivity contribution in [2.24, 2.45) is 15.8 Å². The predicted molar refractivity (Wildman–Crippen MR) is 121 cm³/mol. The van der Waals surface area contributed by atoms with Crippen molar-refractivity contribution in [2.45, 2.75) is 53.4 Å². The average Bonchev–Trinajstić information content (AvgIpc) is 3.04. The molecule has 27 heavy (non-hydrogen) atoms. The van der Waals surface area contributed by atoms with Crippen LogP contribution in [0.1, 0.15) is 53.4 Å². The van der Waals surface area contributed by atoms with Gasteiger partial charge in [0, 0.05) is 39.1 Å². The Morgan fingerprint density at radius 2 is 1.59 bits per heavy atom. The van der Waals surface area contributed by atoms with Gasteiger partial charge in [-0.15, -0.1) is 24.0 Å². The molecule has 1 fully saturated rings. The van der Waals surface area contributed by atoms with Gasteiger partial charge in [-0.3, -0.25) is 14.6 Å². The predicted octanol–water partition coefficient (Wildman–Crippen LogP) is 1.97. The van der Waals surface area contributed by atoms with Crippen LogP contribution < -0.4 is 16.0 Å². The van der Waals surface area contributed by atoms with Crippen molar-refractivity contribution in [3.05, 3.63) is 0 Å². The van der Waals surface area contributed by atoms with Crippen LogP contribution in [0.4, 0.5) is 0 Å². The Hall–Kier alpha value is -1.06. The molecule has 0 unspecified atom stereocenters. The molecule has 0 saturated heterocycles. The molecule has 1 aliphatic carbocycles. The van der Waals surface area contributed by atoms with Gasteiger partial charge in [0.15, 0.2) is 5.96 Å². The normalized spacial score (nSPS) is 16.3. The van der Waals surface area contributed by atoms with Crippen molar-refractivity contribution < 1.29 is 9.59 Å². The smallest absolute Gasteiger partial charge is 0.230 e. The number of carbonyl (C=O) groups is 2. The van der Waals surface area contributed by atoms with Crippen molar-refractivity contribution in [1.82, 2.24) is 20.9 Å². The van der Waals surface area contributed by atoms with Crippen LogP contribution in [0.3, 0.4) is 0 Å². The number of guanidine groups is 1. The Bertz CT molecular complexity index is 509. The van der Waals surface area contributed by atoms with Crippen LogP contribution in [0.15, 0.2) is 4.99 Å². The number of amides is 2. The summed E-state index contributed by atoms with van der Waals surface area (Å²) in [4.78, 5) is 30.9. The van der Waals surface area contributed by atoms with Crippen LogP contribution in [-0.2, 0) is 9.59 Å². The second kappa shape index (κ2) is 11.7. The first kappa shape index (κ1) is 25.9. The quantitative estimate of drug-likeness (QED) is 0.218. The summed E-state index contributed by atoms with van der Waals surface area (Å²) < 4.78 is 0. The van der Waals surface area contributed by atoms with Crippen molar-refractivity contribution in [1.29, 1.82) is 0 Å². The van der Waals surface area contributed by atoms with Gasteiger partial charge in [-0.1, -0.05) is 33.6 Å². The zero-order chi connectivity index (χ0) is 19.8. The fraction of sp³-hybridized carbons (Fsp3) is 0.842. The van der Waals surface area contributed by atoms with E-state index in [1.807, 2.05) is 41.8 Å². The molecular formula is C19H38IN5O2. The van der Waals surface area contributed by atoms with Crippen molar-refractivity contribution in [2.75, 3.05) is 40.3 Å². The zero-order valence-electron chi connectivity index (χ0n) is 17.8. The van der Waals surface area contributed by atoms with E-state index in [4.69, 9.17) is 0 Å². The van der Waals surface area contributed by atoms with E-state index in [0.717, 1.165) is 32.2 Å². The summed E-state index contributed by atoms with van der Waals surface area (Å²) in [5.74, 6) is 0.894. The highest BCUT2D eigenvalue weighted by Gasteiger charge is 2.42.